The van der Waals surface area contributed by atoms with Gasteiger partial charge in [-0.2, -0.15) is 0 Å². The predicted octanol–water partition coefficient (Wildman–Crippen LogP) is 5.15. The first-order valence-corrected chi connectivity index (χ1v) is 6.73. The molecule has 0 saturated carbocycles. The number of halogens is 4. The number of carbonyl (C=O) groups is 1. The van der Waals surface area contributed by atoms with Gasteiger partial charge < -0.3 is 5.32 Å². The van der Waals surface area contributed by atoms with Crippen LogP contribution in [-0.2, 0) is 0 Å². The Morgan fingerprint density at radius 1 is 1.11 bits per heavy atom. The van der Waals surface area contributed by atoms with E-state index in [9.17, 15) is 9.18 Å². The van der Waals surface area contributed by atoms with Gasteiger partial charge in [-0.1, -0.05) is 23.2 Å². The Hall–Kier alpha value is -1.10. The standard InChI is InChI=1S/C13H7BrCl2FNO/c14-11-6-10(1-2-12(11)17)18-13(19)7-3-8(15)5-9(16)4-7/h1-6H,(H,18,19). The van der Waals surface area contributed by atoms with Gasteiger partial charge in [0, 0.05) is 21.3 Å². The number of anilines is 1. The Bertz CT molecular complexity index is 628. The molecule has 1 amide bonds. The largest absolute Gasteiger partial charge is 0.322 e. The molecular weight excluding hydrogens is 356 g/mol. The summed E-state index contributed by atoms with van der Waals surface area (Å²) in [6, 6.07) is 8.73. The van der Waals surface area contributed by atoms with Crippen LogP contribution < -0.4 is 5.32 Å². The molecule has 0 saturated heterocycles. The highest BCUT2D eigenvalue weighted by atomic mass is 79.9. The highest BCUT2D eigenvalue weighted by Crippen LogP contribution is 2.22. The van der Waals surface area contributed by atoms with Crippen LogP contribution in [0, 0.1) is 5.82 Å². The predicted molar refractivity (Wildman–Crippen MR) is 78.5 cm³/mol. The summed E-state index contributed by atoms with van der Waals surface area (Å²) in [7, 11) is 0. The molecule has 6 heteroatoms. The van der Waals surface area contributed by atoms with Gasteiger partial charge in [-0.05, 0) is 52.3 Å². The zero-order valence-electron chi connectivity index (χ0n) is 9.38. The average Bonchev–Trinajstić information content (AvgIpc) is 2.32. The summed E-state index contributed by atoms with van der Waals surface area (Å²) in [5.74, 6) is -0.772. The Labute approximate surface area is 127 Å². The molecule has 98 valence electrons. The Morgan fingerprint density at radius 3 is 2.32 bits per heavy atom. The van der Waals surface area contributed by atoms with E-state index in [-0.39, 0.29) is 10.4 Å². The third kappa shape index (κ3) is 3.69. The van der Waals surface area contributed by atoms with Crippen molar-refractivity contribution in [3.8, 4) is 0 Å². The third-order valence-electron chi connectivity index (χ3n) is 2.30. The van der Waals surface area contributed by atoms with Gasteiger partial charge >= 0.3 is 0 Å². The first-order valence-electron chi connectivity index (χ1n) is 5.18. The number of hydrogen-bond donors (Lipinski definition) is 1. The van der Waals surface area contributed by atoms with Crippen molar-refractivity contribution in [1.82, 2.24) is 0 Å². The second-order valence-electron chi connectivity index (χ2n) is 3.74. The molecule has 0 aliphatic heterocycles. The summed E-state index contributed by atoms with van der Waals surface area (Å²) in [6.45, 7) is 0. The van der Waals surface area contributed by atoms with E-state index in [4.69, 9.17) is 23.2 Å². The van der Waals surface area contributed by atoms with Gasteiger partial charge in [-0.3, -0.25) is 4.79 Å². The topological polar surface area (TPSA) is 29.1 Å². The van der Waals surface area contributed by atoms with Crippen molar-refractivity contribution in [1.29, 1.82) is 0 Å². The SMILES string of the molecule is O=C(Nc1ccc(F)c(Br)c1)c1cc(Cl)cc(Cl)c1. The van der Waals surface area contributed by atoms with Crippen molar-refractivity contribution in [2.45, 2.75) is 0 Å². The molecule has 0 radical (unpaired) electrons. The summed E-state index contributed by atoms with van der Waals surface area (Å²) in [5.41, 5.74) is 0.798. The lowest BCUT2D eigenvalue weighted by Crippen LogP contribution is -2.11. The zero-order chi connectivity index (χ0) is 14.0. The smallest absolute Gasteiger partial charge is 0.255 e. The molecular formula is C13H7BrCl2FNO. The second kappa shape index (κ2) is 5.90. The molecule has 0 unspecified atom stereocenters. The van der Waals surface area contributed by atoms with Crippen LogP contribution in [0.2, 0.25) is 10.0 Å². The van der Waals surface area contributed by atoms with E-state index in [1.54, 1.807) is 0 Å². The highest BCUT2D eigenvalue weighted by Gasteiger charge is 2.09. The van der Waals surface area contributed by atoms with Gasteiger partial charge in [0.25, 0.3) is 5.91 Å². The molecule has 0 aliphatic carbocycles. The van der Waals surface area contributed by atoms with Crippen LogP contribution in [0.25, 0.3) is 0 Å². The van der Waals surface area contributed by atoms with E-state index in [1.807, 2.05) is 0 Å². The van der Waals surface area contributed by atoms with Crippen LogP contribution in [0.5, 0.6) is 0 Å². The Morgan fingerprint density at radius 2 is 1.74 bits per heavy atom. The Balaban J connectivity index is 2.22. The molecule has 2 aromatic carbocycles. The van der Waals surface area contributed by atoms with Crippen molar-refractivity contribution < 1.29 is 9.18 Å². The normalized spacial score (nSPS) is 10.3. The fourth-order valence-electron chi connectivity index (χ4n) is 1.46. The molecule has 2 nitrogen and oxygen atoms in total. The van der Waals surface area contributed by atoms with Crippen molar-refractivity contribution in [2.24, 2.45) is 0 Å². The van der Waals surface area contributed by atoms with Crippen LogP contribution in [0.1, 0.15) is 10.4 Å². The first kappa shape index (κ1) is 14.3. The molecule has 2 aromatic rings. The van der Waals surface area contributed by atoms with Gasteiger partial charge in [0.1, 0.15) is 5.82 Å². The van der Waals surface area contributed by atoms with Crippen molar-refractivity contribution >= 4 is 50.7 Å². The van der Waals surface area contributed by atoms with E-state index in [2.05, 4.69) is 21.2 Å². The minimum Gasteiger partial charge on any atom is -0.322 e. The molecule has 0 fully saturated rings. The minimum atomic E-state index is -0.399. The van der Waals surface area contributed by atoms with E-state index in [0.717, 1.165) is 0 Å². The van der Waals surface area contributed by atoms with Crippen molar-refractivity contribution in [2.75, 3.05) is 5.32 Å². The number of hydrogen-bond acceptors (Lipinski definition) is 1. The number of nitrogens with one attached hydrogen (secondary N) is 1. The molecule has 0 bridgehead atoms. The summed E-state index contributed by atoms with van der Waals surface area (Å²) in [5, 5.41) is 3.37. The molecule has 0 aliphatic rings. The monoisotopic (exact) mass is 361 g/mol. The lowest BCUT2D eigenvalue weighted by molar-refractivity contribution is 0.102. The number of rotatable bonds is 2. The molecule has 1 N–H and O–H groups in total. The van der Waals surface area contributed by atoms with Crippen LogP contribution in [0.15, 0.2) is 40.9 Å². The molecule has 0 spiro atoms. The maximum atomic E-state index is 13.1. The number of carbonyl (C=O) groups excluding carboxylic acids is 1. The highest BCUT2D eigenvalue weighted by molar-refractivity contribution is 9.10. The maximum absolute atomic E-state index is 13.1. The number of amides is 1. The van der Waals surface area contributed by atoms with E-state index >= 15 is 0 Å². The van der Waals surface area contributed by atoms with Crippen LogP contribution in [0.3, 0.4) is 0 Å². The zero-order valence-corrected chi connectivity index (χ0v) is 12.5. The average molecular weight is 363 g/mol. The van der Waals surface area contributed by atoms with E-state index < -0.39 is 5.82 Å². The van der Waals surface area contributed by atoms with Crippen LogP contribution in [-0.4, -0.2) is 5.91 Å². The maximum Gasteiger partial charge on any atom is 0.255 e. The van der Waals surface area contributed by atoms with Crippen LogP contribution in [0.4, 0.5) is 10.1 Å². The summed E-state index contributed by atoms with van der Waals surface area (Å²) < 4.78 is 13.3. The van der Waals surface area contributed by atoms with Gasteiger partial charge in [-0.15, -0.1) is 0 Å². The summed E-state index contributed by atoms with van der Waals surface area (Å²) in [4.78, 5) is 12.0. The van der Waals surface area contributed by atoms with Crippen LogP contribution >= 0.6 is 39.1 Å². The molecule has 0 aromatic heterocycles. The fraction of sp³-hybridized carbons (Fsp3) is 0. The molecule has 2 rings (SSSR count). The van der Waals surface area contributed by atoms with E-state index in [0.29, 0.717) is 21.3 Å². The fourth-order valence-corrected chi connectivity index (χ4v) is 2.37. The van der Waals surface area contributed by atoms with Crippen molar-refractivity contribution in [3.05, 3.63) is 62.3 Å². The van der Waals surface area contributed by atoms with Gasteiger partial charge in [0.15, 0.2) is 0 Å². The van der Waals surface area contributed by atoms with Crippen molar-refractivity contribution in [3.63, 3.8) is 0 Å². The van der Waals surface area contributed by atoms with Gasteiger partial charge in [0.05, 0.1) is 4.47 Å². The van der Waals surface area contributed by atoms with Gasteiger partial charge in [0.2, 0.25) is 0 Å². The summed E-state index contributed by atoms with van der Waals surface area (Å²) >= 11 is 14.7. The lowest BCUT2D eigenvalue weighted by Gasteiger charge is -2.07. The summed E-state index contributed by atoms with van der Waals surface area (Å²) in [6.07, 6.45) is 0. The first-order chi connectivity index (χ1) is 8.95. The quantitative estimate of drug-likeness (QED) is 0.786. The molecule has 0 atom stereocenters. The third-order valence-corrected chi connectivity index (χ3v) is 3.35. The number of benzene rings is 2. The van der Waals surface area contributed by atoms with E-state index in [1.165, 1.54) is 36.4 Å². The second-order valence-corrected chi connectivity index (χ2v) is 5.47. The minimum absolute atomic E-state index is 0.273. The molecule has 0 heterocycles. The van der Waals surface area contributed by atoms with Gasteiger partial charge in [-0.25, -0.2) is 4.39 Å². The molecule has 19 heavy (non-hydrogen) atoms. The Kier molecular flexibility index (Phi) is 4.45. The lowest BCUT2D eigenvalue weighted by atomic mass is 10.2.